The number of ether oxygens (including phenoxy) is 2. The summed E-state index contributed by atoms with van der Waals surface area (Å²) in [7, 11) is 0. The minimum Gasteiger partial charge on any atom is -0.482 e. The van der Waals surface area contributed by atoms with Crippen LogP contribution in [0.15, 0.2) is 59.1 Å². The van der Waals surface area contributed by atoms with E-state index < -0.39 is 12.1 Å². The van der Waals surface area contributed by atoms with Crippen LogP contribution in [0, 0.1) is 0 Å². The van der Waals surface area contributed by atoms with E-state index in [1.807, 2.05) is 18.2 Å². The molecule has 0 aromatic heterocycles. The predicted molar refractivity (Wildman–Crippen MR) is 86.0 cm³/mol. The number of hydrogen-bond acceptors (Lipinski definition) is 4. The summed E-state index contributed by atoms with van der Waals surface area (Å²) >= 11 is 3.31. The monoisotopic (exact) mass is 362 g/mol. The van der Waals surface area contributed by atoms with Crippen molar-refractivity contribution >= 4 is 27.7 Å². The molecule has 0 amide bonds. The Labute approximate surface area is 137 Å². The number of halogens is 1. The number of benzene rings is 2. The zero-order valence-electron chi connectivity index (χ0n) is 12.0. The first-order valence-electron chi connectivity index (χ1n) is 6.73. The molecule has 4 nitrogen and oxygen atoms in total. The first-order chi connectivity index (χ1) is 10.6. The second-order valence-electron chi connectivity index (χ2n) is 4.60. The second-order valence-corrected chi connectivity index (χ2v) is 5.52. The number of carbonyl (C=O) groups excluding carboxylic acids is 2. The quantitative estimate of drug-likeness (QED) is 0.581. The Hall–Kier alpha value is -2.14. The van der Waals surface area contributed by atoms with Gasteiger partial charge in [-0.25, -0.2) is 4.79 Å². The summed E-state index contributed by atoms with van der Waals surface area (Å²) in [6.07, 6.45) is -0.844. The molecule has 1 unspecified atom stereocenters. The Balaban J connectivity index is 1.83. The zero-order valence-corrected chi connectivity index (χ0v) is 13.6. The van der Waals surface area contributed by atoms with Gasteiger partial charge in [0.1, 0.15) is 5.75 Å². The molecule has 0 fully saturated rings. The summed E-state index contributed by atoms with van der Waals surface area (Å²) in [5.74, 6) is -0.264. The normalized spacial score (nSPS) is 11.5. The summed E-state index contributed by atoms with van der Waals surface area (Å²) in [5.41, 5.74) is 0.511. The van der Waals surface area contributed by atoms with Crippen molar-refractivity contribution in [3.8, 4) is 5.75 Å². The maximum Gasteiger partial charge on any atom is 0.344 e. The lowest BCUT2D eigenvalue weighted by molar-refractivity contribution is -0.148. The molecule has 2 aromatic rings. The van der Waals surface area contributed by atoms with Crippen molar-refractivity contribution in [2.75, 3.05) is 6.61 Å². The molecule has 0 saturated carbocycles. The Morgan fingerprint density at radius 3 is 2.32 bits per heavy atom. The van der Waals surface area contributed by atoms with E-state index in [1.165, 1.54) is 0 Å². The molecule has 2 rings (SSSR count). The molecule has 0 bridgehead atoms. The lowest BCUT2D eigenvalue weighted by Gasteiger charge is -2.13. The van der Waals surface area contributed by atoms with E-state index in [0.29, 0.717) is 11.3 Å². The predicted octanol–water partition coefficient (Wildman–Crippen LogP) is 3.64. The van der Waals surface area contributed by atoms with Crippen molar-refractivity contribution in [1.29, 1.82) is 0 Å². The molecule has 0 N–H and O–H groups in total. The van der Waals surface area contributed by atoms with E-state index in [0.717, 1.165) is 4.47 Å². The third-order valence-electron chi connectivity index (χ3n) is 2.91. The van der Waals surface area contributed by atoms with Gasteiger partial charge in [-0.05, 0) is 31.2 Å². The van der Waals surface area contributed by atoms with E-state index in [9.17, 15) is 9.59 Å². The first-order valence-corrected chi connectivity index (χ1v) is 7.52. The fraction of sp³-hybridized carbons (Fsp3) is 0.176. The van der Waals surface area contributed by atoms with Gasteiger partial charge in [-0.3, -0.25) is 4.79 Å². The van der Waals surface area contributed by atoms with Gasteiger partial charge >= 0.3 is 5.97 Å². The smallest absolute Gasteiger partial charge is 0.344 e. The molecule has 0 aliphatic rings. The highest BCUT2D eigenvalue weighted by molar-refractivity contribution is 9.10. The summed E-state index contributed by atoms with van der Waals surface area (Å²) in [5, 5.41) is 0. The van der Waals surface area contributed by atoms with Gasteiger partial charge in [0.25, 0.3) is 0 Å². The highest BCUT2D eigenvalue weighted by Gasteiger charge is 2.19. The van der Waals surface area contributed by atoms with Crippen LogP contribution < -0.4 is 4.74 Å². The van der Waals surface area contributed by atoms with Gasteiger partial charge in [0, 0.05) is 10.0 Å². The molecule has 0 spiro atoms. The lowest BCUT2D eigenvalue weighted by atomic mass is 10.1. The molecule has 0 aliphatic carbocycles. The van der Waals surface area contributed by atoms with E-state index in [2.05, 4.69) is 15.9 Å². The van der Waals surface area contributed by atoms with Crippen molar-refractivity contribution < 1.29 is 19.1 Å². The number of Topliss-reactive ketones (excluding diaryl/α,β-unsaturated/α-hetero) is 1. The number of hydrogen-bond donors (Lipinski definition) is 0. The highest BCUT2D eigenvalue weighted by Crippen LogP contribution is 2.16. The number of rotatable bonds is 6. The molecular weight excluding hydrogens is 348 g/mol. The Kier molecular flexibility index (Phi) is 5.72. The van der Waals surface area contributed by atoms with Crippen LogP contribution in [-0.2, 0) is 9.53 Å². The zero-order chi connectivity index (χ0) is 15.9. The van der Waals surface area contributed by atoms with Crippen LogP contribution in [0.2, 0.25) is 0 Å². The van der Waals surface area contributed by atoms with Crippen molar-refractivity contribution in [3.05, 3.63) is 64.6 Å². The van der Waals surface area contributed by atoms with Gasteiger partial charge in [-0.15, -0.1) is 0 Å². The molecule has 1 atom stereocenters. The molecule has 0 radical (unpaired) electrons. The van der Waals surface area contributed by atoms with Gasteiger partial charge in [-0.2, -0.15) is 0 Å². The number of esters is 1. The van der Waals surface area contributed by atoms with Gasteiger partial charge in [0.05, 0.1) is 0 Å². The highest BCUT2D eigenvalue weighted by atomic mass is 79.9. The molecule has 22 heavy (non-hydrogen) atoms. The van der Waals surface area contributed by atoms with E-state index in [-0.39, 0.29) is 12.4 Å². The van der Waals surface area contributed by atoms with Gasteiger partial charge in [-0.1, -0.05) is 46.3 Å². The third kappa shape index (κ3) is 4.70. The molecule has 0 aliphatic heterocycles. The average molecular weight is 363 g/mol. The van der Waals surface area contributed by atoms with Gasteiger partial charge in [0.2, 0.25) is 5.78 Å². The Morgan fingerprint density at radius 2 is 1.68 bits per heavy atom. The Bertz CT molecular complexity index is 637. The van der Waals surface area contributed by atoms with Crippen molar-refractivity contribution in [2.45, 2.75) is 13.0 Å². The van der Waals surface area contributed by atoms with E-state index in [4.69, 9.17) is 9.47 Å². The third-order valence-corrected chi connectivity index (χ3v) is 3.43. The minimum absolute atomic E-state index is 0.238. The summed E-state index contributed by atoms with van der Waals surface area (Å²) in [4.78, 5) is 23.8. The fourth-order valence-corrected chi connectivity index (χ4v) is 2.06. The summed E-state index contributed by atoms with van der Waals surface area (Å²) in [6, 6.07) is 15.8. The molecule has 2 aromatic carbocycles. The largest absolute Gasteiger partial charge is 0.482 e. The molecule has 0 saturated heterocycles. The number of carbonyl (C=O) groups is 2. The lowest BCUT2D eigenvalue weighted by Crippen LogP contribution is -2.27. The fourth-order valence-electron chi connectivity index (χ4n) is 1.79. The molecule has 0 heterocycles. The number of ketones is 1. The van der Waals surface area contributed by atoms with Crippen LogP contribution >= 0.6 is 15.9 Å². The van der Waals surface area contributed by atoms with Crippen LogP contribution in [-0.4, -0.2) is 24.5 Å². The SMILES string of the molecule is CC(OC(=O)COc1ccc(Br)cc1)C(=O)c1ccccc1. The van der Waals surface area contributed by atoms with Crippen LogP contribution in [0.1, 0.15) is 17.3 Å². The van der Waals surface area contributed by atoms with Crippen LogP contribution in [0.5, 0.6) is 5.75 Å². The van der Waals surface area contributed by atoms with E-state index in [1.54, 1.807) is 43.3 Å². The topological polar surface area (TPSA) is 52.6 Å². The van der Waals surface area contributed by atoms with Crippen LogP contribution in [0.25, 0.3) is 0 Å². The van der Waals surface area contributed by atoms with Crippen molar-refractivity contribution in [1.82, 2.24) is 0 Å². The first kappa shape index (κ1) is 16.2. The van der Waals surface area contributed by atoms with Gasteiger partial charge < -0.3 is 9.47 Å². The van der Waals surface area contributed by atoms with Crippen LogP contribution in [0.3, 0.4) is 0 Å². The average Bonchev–Trinajstić information content (AvgIpc) is 2.54. The second kappa shape index (κ2) is 7.75. The maximum atomic E-state index is 12.1. The van der Waals surface area contributed by atoms with E-state index >= 15 is 0 Å². The molecule has 114 valence electrons. The van der Waals surface area contributed by atoms with Gasteiger partial charge in [0.15, 0.2) is 12.7 Å². The maximum absolute atomic E-state index is 12.1. The van der Waals surface area contributed by atoms with Crippen molar-refractivity contribution in [2.24, 2.45) is 0 Å². The standard InChI is InChI=1S/C17H15BrO4/c1-12(17(20)13-5-3-2-4-6-13)22-16(19)11-21-15-9-7-14(18)8-10-15/h2-10,12H,11H2,1H3. The van der Waals surface area contributed by atoms with Crippen molar-refractivity contribution in [3.63, 3.8) is 0 Å². The summed E-state index contributed by atoms with van der Waals surface area (Å²) < 4.78 is 11.3. The molecule has 5 heteroatoms. The Morgan fingerprint density at radius 1 is 1.05 bits per heavy atom. The van der Waals surface area contributed by atoms with Crippen LogP contribution in [0.4, 0.5) is 0 Å². The minimum atomic E-state index is -0.844. The molecular formula is C17H15BrO4. The summed E-state index contributed by atoms with van der Waals surface area (Å²) in [6.45, 7) is 1.31.